The Hall–Kier alpha value is -1.85. The molecule has 102 valence electrons. The standard InChI is InChI=1S/C12H19NO5/c1-3-5-6-9(12(16)17)13-10(14)7-8-11(15)18-4-2/h3,9H,1,4-8H2,2H3,(H,13,14)(H,16,17)/t9-/m1/s1. The molecule has 2 N–H and O–H groups in total. The maximum atomic E-state index is 11.4. The molecule has 0 fully saturated rings. The quantitative estimate of drug-likeness (QED) is 0.472. The summed E-state index contributed by atoms with van der Waals surface area (Å²) < 4.78 is 4.66. The number of carbonyl (C=O) groups is 3. The fraction of sp³-hybridized carbons (Fsp3) is 0.583. The van der Waals surface area contributed by atoms with Crippen LogP contribution in [0.15, 0.2) is 12.7 Å². The Labute approximate surface area is 106 Å². The van der Waals surface area contributed by atoms with Crippen LogP contribution in [0.5, 0.6) is 0 Å². The van der Waals surface area contributed by atoms with Crippen LogP contribution < -0.4 is 5.32 Å². The third-order valence-corrected chi connectivity index (χ3v) is 2.15. The lowest BCUT2D eigenvalue weighted by molar-refractivity contribution is -0.145. The number of rotatable bonds is 9. The zero-order valence-corrected chi connectivity index (χ0v) is 10.5. The molecule has 0 saturated heterocycles. The number of hydrogen-bond donors (Lipinski definition) is 2. The zero-order chi connectivity index (χ0) is 14.0. The summed E-state index contributed by atoms with van der Waals surface area (Å²) in [7, 11) is 0. The van der Waals surface area contributed by atoms with Gasteiger partial charge < -0.3 is 15.2 Å². The maximum Gasteiger partial charge on any atom is 0.326 e. The van der Waals surface area contributed by atoms with Gasteiger partial charge in [0, 0.05) is 6.42 Å². The fourth-order valence-electron chi connectivity index (χ4n) is 1.26. The molecule has 1 amide bonds. The number of amides is 1. The van der Waals surface area contributed by atoms with E-state index >= 15 is 0 Å². The van der Waals surface area contributed by atoms with Gasteiger partial charge in [-0.05, 0) is 19.8 Å². The predicted molar refractivity (Wildman–Crippen MR) is 64.9 cm³/mol. The van der Waals surface area contributed by atoms with E-state index in [2.05, 4.69) is 16.6 Å². The fourth-order valence-corrected chi connectivity index (χ4v) is 1.26. The van der Waals surface area contributed by atoms with Gasteiger partial charge in [-0.1, -0.05) is 6.08 Å². The third-order valence-electron chi connectivity index (χ3n) is 2.15. The minimum absolute atomic E-state index is 0.0481. The van der Waals surface area contributed by atoms with Crippen LogP contribution in [0, 0.1) is 0 Å². The molecular formula is C12H19NO5. The molecule has 0 saturated carbocycles. The highest BCUT2D eigenvalue weighted by atomic mass is 16.5. The Morgan fingerprint density at radius 1 is 1.39 bits per heavy atom. The molecule has 0 rings (SSSR count). The van der Waals surface area contributed by atoms with E-state index in [1.807, 2.05) is 0 Å². The first-order chi connectivity index (χ1) is 8.51. The molecule has 0 spiro atoms. The van der Waals surface area contributed by atoms with Crippen molar-refractivity contribution in [1.29, 1.82) is 0 Å². The average molecular weight is 257 g/mol. The SMILES string of the molecule is C=CCC[C@@H](NC(=O)CCC(=O)OCC)C(=O)O. The summed E-state index contributed by atoms with van der Waals surface area (Å²) in [4.78, 5) is 33.3. The van der Waals surface area contributed by atoms with E-state index in [0.717, 1.165) is 0 Å². The lowest BCUT2D eigenvalue weighted by Crippen LogP contribution is -2.40. The number of aliphatic carboxylic acids is 1. The van der Waals surface area contributed by atoms with Crippen molar-refractivity contribution < 1.29 is 24.2 Å². The van der Waals surface area contributed by atoms with Crippen LogP contribution in [-0.2, 0) is 19.1 Å². The van der Waals surface area contributed by atoms with Gasteiger partial charge in [0.05, 0.1) is 13.0 Å². The second-order valence-electron chi connectivity index (χ2n) is 3.63. The molecule has 1 atom stereocenters. The van der Waals surface area contributed by atoms with E-state index in [4.69, 9.17) is 5.11 Å². The second kappa shape index (κ2) is 9.21. The molecule has 0 aliphatic carbocycles. The highest BCUT2D eigenvalue weighted by Gasteiger charge is 2.19. The number of carbonyl (C=O) groups excluding carboxylic acids is 2. The normalized spacial score (nSPS) is 11.4. The van der Waals surface area contributed by atoms with Crippen molar-refractivity contribution in [2.75, 3.05) is 6.61 Å². The van der Waals surface area contributed by atoms with Crippen molar-refractivity contribution in [3.63, 3.8) is 0 Å². The summed E-state index contributed by atoms with van der Waals surface area (Å²) >= 11 is 0. The Balaban J connectivity index is 4.05. The van der Waals surface area contributed by atoms with Crippen molar-refractivity contribution in [1.82, 2.24) is 5.32 Å². The highest BCUT2D eigenvalue weighted by molar-refractivity contribution is 5.85. The molecule has 6 heteroatoms. The van der Waals surface area contributed by atoms with E-state index in [0.29, 0.717) is 6.42 Å². The summed E-state index contributed by atoms with van der Waals surface area (Å²) in [6, 6.07) is -0.947. The van der Waals surface area contributed by atoms with E-state index in [9.17, 15) is 14.4 Å². The van der Waals surface area contributed by atoms with Crippen LogP contribution in [0.4, 0.5) is 0 Å². The molecule has 0 aliphatic heterocycles. The van der Waals surface area contributed by atoms with Gasteiger partial charge in [-0.25, -0.2) is 4.79 Å². The highest BCUT2D eigenvalue weighted by Crippen LogP contribution is 2.00. The Morgan fingerprint density at radius 2 is 2.06 bits per heavy atom. The Kier molecular flexibility index (Phi) is 8.26. The molecule has 0 unspecified atom stereocenters. The average Bonchev–Trinajstić information content (AvgIpc) is 2.32. The van der Waals surface area contributed by atoms with Crippen LogP contribution in [0.25, 0.3) is 0 Å². The van der Waals surface area contributed by atoms with Gasteiger partial charge in [0.15, 0.2) is 0 Å². The second-order valence-corrected chi connectivity index (χ2v) is 3.63. The van der Waals surface area contributed by atoms with E-state index < -0.39 is 23.9 Å². The van der Waals surface area contributed by atoms with Crippen LogP contribution in [0.3, 0.4) is 0 Å². The van der Waals surface area contributed by atoms with Crippen LogP contribution >= 0.6 is 0 Å². The number of carboxylic acids is 1. The number of nitrogens with one attached hydrogen (secondary N) is 1. The summed E-state index contributed by atoms with van der Waals surface area (Å²) in [5.74, 6) is -2.04. The molecule has 0 aromatic rings. The van der Waals surface area contributed by atoms with Crippen molar-refractivity contribution >= 4 is 17.8 Å². The van der Waals surface area contributed by atoms with Gasteiger partial charge >= 0.3 is 11.9 Å². The van der Waals surface area contributed by atoms with E-state index in [-0.39, 0.29) is 25.9 Å². The first-order valence-electron chi connectivity index (χ1n) is 5.80. The minimum Gasteiger partial charge on any atom is -0.480 e. The third kappa shape index (κ3) is 7.43. The molecule has 0 heterocycles. The number of allylic oxidation sites excluding steroid dienone is 1. The van der Waals surface area contributed by atoms with Gasteiger partial charge in [0.25, 0.3) is 0 Å². The van der Waals surface area contributed by atoms with Crippen LogP contribution in [0.1, 0.15) is 32.6 Å². The van der Waals surface area contributed by atoms with Crippen molar-refractivity contribution in [2.45, 2.75) is 38.6 Å². The van der Waals surface area contributed by atoms with Crippen molar-refractivity contribution in [3.05, 3.63) is 12.7 Å². The molecule has 0 bridgehead atoms. The lowest BCUT2D eigenvalue weighted by atomic mass is 10.1. The topological polar surface area (TPSA) is 92.7 Å². The maximum absolute atomic E-state index is 11.4. The van der Waals surface area contributed by atoms with Crippen molar-refractivity contribution in [3.8, 4) is 0 Å². The number of carboxylic acid groups (broad SMARTS) is 1. The molecule has 6 nitrogen and oxygen atoms in total. The van der Waals surface area contributed by atoms with Gasteiger partial charge in [-0.2, -0.15) is 0 Å². The van der Waals surface area contributed by atoms with Crippen LogP contribution in [0.2, 0.25) is 0 Å². The molecule has 18 heavy (non-hydrogen) atoms. The molecular weight excluding hydrogens is 238 g/mol. The minimum atomic E-state index is -1.10. The summed E-state index contributed by atoms with van der Waals surface area (Å²) in [6.45, 7) is 5.42. The Bertz CT molecular complexity index is 314. The van der Waals surface area contributed by atoms with Gasteiger partial charge in [-0.3, -0.25) is 9.59 Å². The number of ether oxygens (including phenoxy) is 1. The van der Waals surface area contributed by atoms with Gasteiger partial charge in [-0.15, -0.1) is 6.58 Å². The van der Waals surface area contributed by atoms with Gasteiger partial charge in [0.1, 0.15) is 6.04 Å². The number of esters is 1. The summed E-state index contributed by atoms with van der Waals surface area (Å²) in [5, 5.41) is 11.2. The smallest absolute Gasteiger partial charge is 0.326 e. The first kappa shape index (κ1) is 16.1. The summed E-state index contributed by atoms with van der Waals surface area (Å²) in [6.07, 6.45) is 2.24. The van der Waals surface area contributed by atoms with Gasteiger partial charge in [0.2, 0.25) is 5.91 Å². The van der Waals surface area contributed by atoms with E-state index in [1.54, 1.807) is 13.0 Å². The van der Waals surface area contributed by atoms with E-state index in [1.165, 1.54) is 0 Å². The molecule has 0 aromatic carbocycles. The molecule has 0 aliphatic rings. The zero-order valence-electron chi connectivity index (χ0n) is 10.5. The monoisotopic (exact) mass is 257 g/mol. The largest absolute Gasteiger partial charge is 0.480 e. The first-order valence-corrected chi connectivity index (χ1v) is 5.80. The lowest BCUT2D eigenvalue weighted by Gasteiger charge is -2.13. The summed E-state index contributed by atoms with van der Waals surface area (Å²) in [5.41, 5.74) is 0. The van der Waals surface area contributed by atoms with Crippen molar-refractivity contribution in [2.24, 2.45) is 0 Å². The van der Waals surface area contributed by atoms with Crippen LogP contribution in [-0.4, -0.2) is 35.6 Å². The Morgan fingerprint density at radius 3 is 2.56 bits per heavy atom. The molecule has 0 radical (unpaired) electrons. The predicted octanol–water partition coefficient (Wildman–Crippen LogP) is 0.865. The number of hydrogen-bond acceptors (Lipinski definition) is 4. The molecule has 0 aromatic heterocycles.